The molecule has 0 aliphatic carbocycles. The summed E-state index contributed by atoms with van der Waals surface area (Å²) < 4.78 is 0. The fourth-order valence-electron chi connectivity index (χ4n) is 2.69. The van der Waals surface area contributed by atoms with Crippen LogP contribution in [0.5, 0.6) is 0 Å². The molecule has 0 radical (unpaired) electrons. The molecule has 2 nitrogen and oxygen atoms in total. The van der Waals surface area contributed by atoms with Crippen molar-refractivity contribution in [3.8, 4) is 0 Å². The van der Waals surface area contributed by atoms with Crippen molar-refractivity contribution in [3.05, 3.63) is 29.8 Å². The Morgan fingerprint density at radius 3 is 2.32 bits per heavy atom. The first-order chi connectivity index (χ1) is 8.68. The highest BCUT2D eigenvalue weighted by atomic mass is 32.2. The zero-order valence-corrected chi connectivity index (χ0v) is 13.1. The Labute approximate surface area is 119 Å². The van der Waals surface area contributed by atoms with Gasteiger partial charge in [-0.1, -0.05) is 44.7 Å². The van der Waals surface area contributed by atoms with Crippen LogP contribution < -0.4 is 0 Å². The largest absolute Gasteiger partial charge is 0.286 e. The van der Waals surface area contributed by atoms with Crippen LogP contribution in [-0.4, -0.2) is 16.4 Å². The van der Waals surface area contributed by atoms with Crippen LogP contribution in [0.25, 0.3) is 0 Å². The zero-order valence-electron chi connectivity index (χ0n) is 12.3. The van der Waals surface area contributed by atoms with E-state index in [1.165, 1.54) is 11.8 Å². The van der Waals surface area contributed by atoms with E-state index in [0.717, 1.165) is 16.9 Å². The summed E-state index contributed by atoms with van der Waals surface area (Å²) in [6.45, 7) is 10.8. The van der Waals surface area contributed by atoms with Crippen molar-refractivity contribution in [1.82, 2.24) is 0 Å². The number of nitrogens with zero attached hydrogens (tertiary/aromatic N) is 1. The number of rotatable bonds is 2. The molecular formula is C16H21NOS. The summed E-state index contributed by atoms with van der Waals surface area (Å²) in [6.07, 6.45) is 0.952. The Kier molecular flexibility index (Phi) is 3.61. The van der Waals surface area contributed by atoms with E-state index in [-0.39, 0.29) is 16.7 Å². The molecule has 19 heavy (non-hydrogen) atoms. The molecule has 0 bridgehead atoms. The number of hydrogen-bond acceptors (Lipinski definition) is 3. The molecule has 1 aliphatic heterocycles. The van der Waals surface area contributed by atoms with Crippen LogP contribution in [-0.2, 0) is 0 Å². The van der Waals surface area contributed by atoms with Gasteiger partial charge in [0.25, 0.3) is 0 Å². The quantitative estimate of drug-likeness (QED) is 0.790. The molecule has 0 N–H and O–H groups in total. The van der Waals surface area contributed by atoms with E-state index >= 15 is 0 Å². The smallest absolute Gasteiger partial charge is 0.218 e. The molecule has 2 rings (SSSR count). The van der Waals surface area contributed by atoms with Crippen LogP contribution in [0.3, 0.4) is 0 Å². The van der Waals surface area contributed by atoms with Gasteiger partial charge in [0.15, 0.2) is 0 Å². The molecule has 3 heteroatoms. The first-order valence-electron chi connectivity index (χ1n) is 6.59. The Morgan fingerprint density at radius 2 is 1.74 bits per heavy atom. The summed E-state index contributed by atoms with van der Waals surface area (Å²) in [4.78, 5) is 18.0. The van der Waals surface area contributed by atoms with Crippen molar-refractivity contribution in [2.24, 2.45) is 10.4 Å². The lowest BCUT2D eigenvalue weighted by atomic mass is 9.82. The van der Waals surface area contributed by atoms with Crippen LogP contribution in [0.15, 0.2) is 34.2 Å². The second kappa shape index (κ2) is 4.78. The topological polar surface area (TPSA) is 29.4 Å². The van der Waals surface area contributed by atoms with Crippen molar-refractivity contribution in [3.63, 3.8) is 0 Å². The third kappa shape index (κ3) is 3.47. The SMILES string of the molecule is CC(C)(C)CC(C)(C)N=C1Sc2ccccc2C1=O. The molecule has 0 amide bonds. The second-order valence-electron chi connectivity index (χ2n) is 6.89. The second-order valence-corrected chi connectivity index (χ2v) is 7.92. The summed E-state index contributed by atoms with van der Waals surface area (Å²) in [5.74, 6) is 0.0718. The first-order valence-corrected chi connectivity index (χ1v) is 7.41. The molecule has 102 valence electrons. The number of hydrogen-bond donors (Lipinski definition) is 0. The van der Waals surface area contributed by atoms with Crippen molar-refractivity contribution in [1.29, 1.82) is 0 Å². The maximum Gasteiger partial charge on any atom is 0.218 e. The van der Waals surface area contributed by atoms with Crippen molar-refractivity contribution < 1.29 is 4.79 Å². The summed E-state index contributed by atoms with van der Waals surface area (Å²) in [6, 6.07) is 7.73. The standard InChI is InChI=1S/C16H21NOS/c1-15(2,3)10-16(4,5)17-14-13(18)11-8-6-7-9-12(11)19-14/h6-9H,10H2,1-5H3. The van der Waals surface area contributed by atoms with E-state index in [0.29, 0.717) is 5.04 Å². The lowest BCUT2D eigenvalue weighted by Gasteiger charge is -2.29. The van der Waals surface area contributed by atoms with Gasteiger partial charge < -0.3 is 0 Å². The monoisotopic (exact) mass is 275 g/mol. The maximum atomic E-state index is 12.3. The molecule has 1 aromatic carbocycles. The fourth-order valence-corrected chi connectivity index (χ4v) is 3.82. The minimum atomic E-state index is -0.210. The molecule has 0 spiro atoms. The highest BCUT2D eigenvalue weighted by Gasteiger charge is 2.31. The normalized spacial score (nSPS) is 17.9. The van der Waals surface area contributed by atoms with E-state index in [1.807, 2.05) is 24.3 Å². The highest BCUT2D eigenvalue weighted by Crippen LogP contribution is 2.36. The number of fused-ring (bicyclic) bond motifs is 1. The van der Waals surface area contributed by atoms with Crippen LogP contribution in [0.4, 0.5) is 0 Å². The van der Waals surface area contributed by atoms with Crippen LogP contribution in [0.1, 0.15) is 51.4 Å². The van der Waals surface area contributed by atoms with Gasteiger partial charge in [-0.2, -0.15) is 0 Å². The third-order valence-electron chi connectivity index (χ3n) is 2.90. The molecular weight excluding hydrogens is 254 g/mol. The highest BCUT2D eigenvalue weighted by molar-refractivity contribution is 8.16. The van der Waals surface area contributed by atoms with Gasteiger partial charge in [0.1, 0.15) is 5.04 Å². The number of carbonyl (C=O) groups is 1. The number of carbonyl (C=O) groups excluding carboxylic acids is 1. The molecule has 0 aromatic heterocycles. The van der Waals surface area contributed by atoms with Gasteiger partial charge >= 0.3 is 0 Å². The predicted octanol–water partition coefficient (Wildman–Crippen LogP) is 4.59. The average molecular weight is 275 g/mol. The minimum Gasteiger partial charge on any atom is -0.286 e. The molecule has 0 saturated carbocycles. The van der Waals surface area contributed by atoms with Gasteiger partial charge in [-0.15, -0.1) is 0 Å². The van der Waals surface area contributed by atoms with E-state index in [2.05, 4.69) is 34.6 Å². The van der Waals surface area contributed by atoms with Crippen molar-refractivity contribution in [2.75, 3.05) is 0 Å². The fraction of sp³-hybridized carbons (Fsp3) is 0.500. The van der Waals surface area contributed by atoms with Crippen molar-refractivity contribution >= 4 is 22.6 Å². The first kappa shape index (κ1) is 14.3. The molecule has 0 atom stereocenters. The summed E-state index contributed by atoms with van der Waals surface area (Å²) in [5, 5.41) is 0.635. The van der Waals surface area contributed by atoms with Gasteiger partial charge in [-0.25, -0.2) is 0 Å². The van der Waals surface area contributed by atoms with Gasteiger partial charge in [-0.3, -0.25) is 9.79 Å². The maximum absolute atomic E-state index is 12.3. The predicted molar refractivity (Wildman–Crippen MR) is 82.2 cm³/mol. The molecule has 0 saturated heterocycles. The Hall–Kier alpha value is -1.09. The lowest BCUT2D eigenvalue weighted by Crippen LogP contribution is -2.26. The number of ketones is 1. The number of thioether (sulfide) groups is 1. The molecule has 1 heterocycles. The Balaban J connectivity index is 2.26. The molecule has 0 unspecified atom stereocenters. The van der Waals surface area contributed by atoms with E-state index in [9.17, 15) is 4.79 Å². The van der Waals surface area contributed by atoms with Crippen molar-refractivity contribution in [2.45, 2.75) is 51.5 Å². The van der Waals surface area contributed by atoms with Gasteiger partial charge in [0.2, 0.25) is 5.78 Å². The van der Waals surface area contributed by atoms with Crippen LogP contribution in [0, 0.1) is 5.41 Å². The summed E-state index contributed by atoms with van der Waals surface area (Å²) in [5.41, 5.74) is 0.781. The Morgan fingerprint density at radius 1 is 1.11 bits per heavy atom. The lowest BCUT2D eigenvalue weighted by molar-refractivity contribution is 0.106. The zero-order chi connectivity index (χ0) is 14.3. The third-order valence-corrected chi connectivity index (χ3v) is 3.95. The van der Waals surface area contributed by atoms with Gasteiger partial charge in [0, 0.05) is 10.5 Å². The molecule has 1 aromatic rings. The van der Waals surface area contributed by atoms with Gasteiger partial charge in [0.05, 0.1) is 5.54 Å². The van der Waals surface area contributed by atoms with E-state index < -0.39 is 0 Å². The average Bonchev–Trinajstić information content (AvgIpc) is 2.52. The number of aliphatic imine (C=N–C) groups is 1. The summed E-state index contributed by atoms with van der Waals surface area (Å²) >= 11 is 1.50. The van der Waals surface area contributed by atoms with E-state index in [1.54, 1.807) is 0 Å². The summed E-state index contributed by atoms with van der Waals surface area (Å²) in [7, 11) is 0. The molecule has 1 aliphatic rings. The number of benzene rings is 1. The van der Waals surface area contributed by atoms with Gasteiger partial charge in [-0.05, 0) is 37.8 Å². The van der Waals surface area contributed by atoms with Crippen LogP contribution in [0.2, 0.25) is 0 Å². The minimum absolute atomic E-state index is 0.0718. The van der Waals surface area contributed by atoms with E-state index in [4.69, 9.17) is 4.99 Å². The van der Waals surface area contributed by atoms with Crippen LogP contribution >= 0.6 is 11.8 Å². The number of Topliss-reactive ketones (excluding diaryl/α,β-unsaturated/α-hetero) is 1. The molecule has 0 fully saturated rings. The Bertz CT molecular complexity index is 538.